The third kappa shape index (κ3) is 6.00. The molecule has 0 bridgehead atoms. The summed E-state index contributed by atoms with van der Waals surface area (Å²) in [4.78, 5) is 10.4. The molecule has 8 nitrogen and oxygen atoms in total. The summed E-state index contributed by atoms with van der Waals surface area (Å²) in [6.45, 7) is 2.71. The highest BCUT2D eigenvalue weighted by molar-refractivity contribution is 7.92. The second-order valence-electron chi connectivity index (χ2n) is 5.50. The molecule has 9 heteroatoms. The number of hydrogen-bond donors (Lipinski definition) is 1. The summed E-state index contributed by atoms with van der Waals surface area (Å²) in [6.07, 6.45) is 7.07. The van der Waals surface area contributed by atoms with E-state index in [1.54, 1.807) is 0 Å². The highest BCUT2D eigenvalue weighted by Crippen LogP contribution is 2.23. The second-order valence-corrected chi connectivity index (χ2v) is 7.25. The van der Waals surface area contributed by atoms with Crippen molar-refractivity contribution in [2.75, 3.05) is 30.6 Å². The second kappa shape index (κ2) is 8.08. The van der Waals surface area contributed by atoms with Gasteiger partial charge in [-0.25, -0.2) is 18.4 Å². The van der Waals surface area contributed by atoms with Crippen LogP contribution in [0.2, 0.25) is 0 Å². The van der Waals surface area contributed by atoms with Gasteiger partial charge in [-0.1, -0.05) is 0 Å². The number of nitriles is 1. The third-order valence-electron chi connectivity index (χ3n) is 3.52. The quantitative estimate of drug-likeness (QED) is 0.738. The average Bonchev–Trinajstić information content (AvgIpc) is 2.50. The molecule has 2 rings (SSSR count). The van der Waals surface area contributed by atoms with Crippen LogP contribution in [0.1, 0.15) is 25.7 Å². The molecule has 1 aromatic rings. The number of likely N-dealkylation sites (tertiary alicyclic amines) is 1. The van der Waals surface area contributed by atoms with Gasteiger partial charge < -0.3 is 9.64 Å². The molecule has 0 saturated carbocycles. The van der Waals surface area contributed by atoms with E-state index in [0.717, 1.165) is 45.2 Å². The van der Waals surface area contributed by atoms with Gasteiger partial charge in [0, 0.05) is 31.9 Å². The van der Waals surface area contributed by atoms with E-state index in [9.17, 15) is 8.42 Å². The maximum absolute atomic E-state index is 11.3. The summed E-state index contributed by atoms with van der Waals surface area (Å²) in [6, 6.07) is 2.15. The molecular weight excluding hydrogens is 318 g/mol. The predicted octanol–water partition coefficient (Wildman–Crippen LogP) is 0.995. The van der Waals surface area contributed by atoms with Gasteiger partial charge in [0.2, 0.25) is 15.8 Å². The third-order valence-corrected chi connectivity index (χ3v) is 4.09. The summed E-state index contributed by atoms with van der Waals surface area (Å²) in [5.74, 6) is 0.326. The highest BCUT2D eigenvalue weighted by Gasteiger charge is 2.22. The van der Waals surface area contributed by atoms with Gasteiger partial charge in [-0.2, -0.15) is 5.26 Å². The molecule has 0 unspecified atom stereocenters. The summed E-state index contributed by atoms with van der Waals surface area (Å²) in [5, 5.41) is 8.56. The number of rotatable bonds is 7. The number of hydrogen-bond acceptors (Lipinski definition) is 7. The molecule has 23 heavy (non-hydrogen) atoms. The van der Waals surface area contributed by atoms with Crippen LogP contribution < -0.4 is 9.46 Å². The molecule has 0 spiro atoms. The van der Waals surface area contributed by atoms with Gasteiger partial charge in [-0.05, 0) is 25.8 Å². The van der Waals surface area contributed by atoms with E-state index in [1.165, 1.54) is 12.4 Å². The lowest BCUT2D eigenvalue weighted by molar-refractivity contribution is 0.0968. The number of sulfonamides is 1. The van der Waals surface area contributed by atoms with Crippen molar-refractivity contribution in [3.8, 4) is 11.9 Å². The Kier molecular flexibility index (Phi) is 6.12. The van der Waals surface area contributed by atoms with Crippen LogP contribution in [-0.4, -0.2) is 55.3 Å². The Hall–Kier alpha value is -1.92. The fourth-order valence-corrected chi connectivity index (χ4v) is 2.94. The van der Waals surface area contributed by atoms with Crippen LogP contribution in [0.25, 0.3) is 0 Å². The molecule has 0 aliphatic carbocycles. The van der Waals surface area contributed by atoms with Gasteiger partial charge in [0.25, 0.3) is 5.88 Å². The molecule has 126 valence electrons. The van der Waals surface area contributed by atoms with Crippen molar-refractivity contribution < 1.29 is 13.2 Å². The first-order valence-corrected chi connectivity index (χ1v) is 9.42. The van der Waals surface area contributed by atoms with Crippen LogP contribution in [0.3, 0.4) is 0 Å². The van der Waals surface area contributed by atoms with Crippen molar-refractivity contribution in [2.24, 2.45) is 0 Å². The largest absolute Gasteiger partial charge is 0.472 e. The first-order valence-electron chi connectivity index (χ1n) is 7.52. The van der Waals surface area contributed by atoms with E-state index in [1.807, 2.05) is 0 Å². The number of unbranched alkanes of at least 4 members (excludes halogenated alkanes) is 1. The Bertz CT molecular complexity index is 651. The number of piperidine rings is 1. The molecule has 0 aromatic carbocycles. The molecule has 1 aliphatic heterocycles. The summed E-state index contributed by atoms with van der Waals surface area (Å²) in [7, 11) is -3.43. The predicted molar refractivity (Wildman–Crippen MR) is 85.4 cm³/mol. The van der Waals surface area contributed by atoms with Gasteiger partial charge in [-0.15, -0.1) is 0 Å². The Morgan fingerprint density at radius 1 is 1.39 bits per heavy atom. The molecule has 1 N–H and O–H groups in total. The SMILES string of the molecule is CS(=O)(=O)Nc1nccnc1OC1CCN(CCCC#N)CC1. The van der Waals surface area contributed by atoms with Crippen molar-refractivity contribution in [1.29, 1.82) is 5.26 Å². The minimum atomic E-state index is -3.43. The first kappa shape index (κ1) is 17.4. The monoisotopic (exact) mass is 339 g/mol. The van der Waals surface area contributed by atoms with Crippen LogP contribution in [-0.2, 0) is 10.0 Å². The number of anilines is 1. The number of aromatic nitrogens is 2. The van der Waals surface area contributed by atoms with Crippen molar-refractivity contribution in [1.82, 2.24) is 14.9 Å². The van der Waals surface area contributed by atoms with Crippen molar-refractivity contribution in [3.05, 3.63) is 12.4 Å². The smallest absolute Gasteiger partial charge is 0.258 e. The van der Waals surface area contributed by atoms with E-state index in [-0.39, 0.29) is 17.8 Å². The normalized spacial score (nSPS) is 16.7. The maximum Gasteiger partial charge on any atom is 0.258 e. The van der Waals surface area contributed by atoms with Crippen LogP contribution in [0.4, 0.5) is 5.82 Å². The molecule has 1 saturated heterocycles. The zero-order valence-corrected chi connectivity index (χ0v) is 13.9. The Morgan fingerprint density at radius 3 is 2.74 bits per heavy atom. The summed E-state index contributed by atoms with van der Waals surface area (Å²) < 4.78 is 30.8. The molecular formula is C14H21N5O3S. The Balaban J connectivity index is 1.88. The van der Waals surface area contributed by atoms with E-state index in [0.29, 0.717) is 6.42 Å². The zero-order valence-electron chi connectivity index (χ0n) is 13.1. The van der Waals surface area contributed by atoms with Gasteiger partial charge >= 0.3 is 0 Å². The molecule has 1 aliphatic rings. The Labute approximate surface area is 136 Å². The lowest BCUT2D eigenvalue weighted by Gasteiger charge is -2.31. The zero-order chi connectivity index (χ0) is 16.7. The van der Waals surface area contributed by atoms with Gasteiger partial charge in [-0.3, -0.25) is 4.72 Å². The molecule has 0 atom stereocenters. The number of nitrogens with one attached hydrogen (secondary N) is 1. The van der Waals surface area contributed by atoms with E-state index in [4.69, 9.17) is 10.00 Å². The molecule has 0 amide bonds. The van der Waals surface area contributed by atoms with E-state index in [2.05, 4.69) is 25.7 Å². The molecule has 0 radical (unpaired) electrons. The Morgan fingerprint density at radius 2 is 2.09 bits per heavy atom. The van der Waals surface area contributed by atoms with Gasteiger partial charge in [0.15, 0.2) is 0 Å². The molecule has 1 fully saturated rings. The highest BCUT2D eigenvalue weighted by atomic mass is 32.2. The van der Waals surface area contributed by atoms with Crippen molar-refractivity contribution >= 4 is 15.8 Å². The molecule has 1 aromatic heterocycles. The van der Waals surface area contributed by atoms with E-state index < -0.39 is 10.0 Å². The minimum absolute atomic E-state index is 0.0148. The van der Waals surface area contributed by atoms with Crippen LogP contribution >= 0.6 is 0 Å². The van der Waals surface area contributed by atoms with Crippen LogP contribution in [0, 0.1) is 11.3 Å². The summed E-state index contributed by atoms with van der Waals surface area (Å²) in [5.41, 5.74) is 0. The molecule has 2 heterocycles. The lowest BCUT2D eigenvalue weighted by atomic mass is 10.1. The first-order chi connectivity index (χ1) is 11.0. The lowest BCUT2D eigenvalue weighted by Crippen LogP contribution is -2.38. The van der Waals surface area contributed by atoms with Crippen molar-refractivity contribution in [3.63, 3.8) is 0 Å². The van der Waals surface area contributed by atoms with Crippen molar-refractivity contribution in [2.45, 2.75) is 31.8 Å². The van der Waals surface area contributed by atoms with Crippen LogP contribution in [0.15, 0.2) is 12.4 Å². The van der Waals surface area contributed by atoms with E-state index >= 15 is 0 Å². The standard InChI is InChI=1S/C14H21N5O3S/c1-23(20,21)18-13-14(17-8-7-16-13)22-12-4-10-19(11-5-12)9-3-2-6-15/h7-8,12H,2-5,9-11H2,1H3,(H,16,18). The minimum Gasteiger partial charge on any atom is -0.472 e. The van der Waals surface area contributed by atoms with Gasteiger partial charge in [0.1, 0.15) is 6.10 Å². The van der Waals surface area contributed by atoms with Gasteiger partial charge in [0.05, 0.1) is 12.3 Å². The average molecular weight is 339 g/mol. The number of ether oxygens (including phenoxy) is 1. The number of nitrogens with zero attached hydrogens (tertiary/aromatic N) is 4. The summed E-state index contributed by atoms with van der Waals surface area (Å²) >= 11 is 0. The fourth-order valence-electron chi connectivity index (χ4n) is 2.45. The fraction of sp³-hybridized carbons (Fsp3) is 0.643. The topological polar surface area (TPSA) is 108 Å². The van der Waals surface area contributed by atoms with Crippen LogP contribution in [0.5, 0.6) is 5.88 Å². The maximum atomic E-state index is 11.3.